The van der Waals surface area contributed by atoms with E-state index >= 15 is 0 Å². The van der Waals surface area contributed by atoms with Crippen molar-refractivity contribution in [2.75, 3.05) is 0 Å². The Hall–Kier alpha value is 0.276. The lowest BCUT2D eigenvalue weighted by atomic mass is 10.1. The average molecular weight is 235 g/mol. The maximum Gasteiger partial charge on any atom is 0.505 e. The lowest BCUT2D eigenvalue weighted by Crippen LogP contribution is -1.91. The monoisotopic (exact) mass is 234 g/mol. The molecule has 0 nitrogen and oxygen atoms in total. The lowest BCUT2D eigenvalue weighted by molar-refractivity contribution is 0.667. The van der Waals surface area contributed by atoms with Gasteiger partial charge in [-0.05, 0) is 18.4 Å². The van der Waals surface area contributed by atoms with Crippen molar-refractivity contribution in [3.05, 3.63) is 35.4 Å². The summed E-state index contributed by atoms with van der Waals surface area (Å²) in [4.78, 5) is 0. The summed E-state index contributed by atoms with van der Waals surface area (Å²) in [5.74, 6) is 0. The molecule has 0 aliphatic carbocycles. The van der Waals surface area contributed by atoms with Crippen molar-refractivity contribution in [1.29, 1.82) is 0 Å². The molecule has 15 heavy (non-hydrogen) atoms. The van der Waals surface area contributed by atoms with Gasteiger partial charge in [-0.25, -0.2) is 0 Å². The van der Waals surface area contributed by atoms with Crippen molar-refractivity contribution in [2.45, 2.75) is 43.6 Å². The van der Waals surface area contributed by atoms with Crippen LogP contribution in [-0.4, -0.2) is 19.3 Å². The van der Waals surface area contributed by atoms with Crippen LogP contribution in [0.15, 0.2) is 24.3 Å². The molecule has 0 aromatic heterocycles. The Bertz CT molecular complexity index is 256. The first-order valence-corrected chi connectivity index (χ1v) is 9.14. The Morgan fingerprint density at radius 1 is 1.00 bits per heavy atom. The fourth-order valence-corrected chi connectivity index (χ4v) is 2.94. The molecule has 0 fully saturated rings. The molecule has 0 bridgehead atoms. The zero-order valence-corrected chi connectivity index (χ0v) is 11.8. The molecular formula is C13H19ClMg. The minimum Gasteiger partial charge on any atom is -0.345 e. The topological polar surface area (TPSA) is 0 Å². The van der Waals surface area contributed by atoms with E-state index in [1.54, 1.807) is 0 Å². The molecule has 0 N–H and O–H groups in total. The fourth-order valence-electron chi connectivity index (χ4n) is 1.74. The van der Waals surface area contributed by atoms with E-state index in [-0.39, 0.29) is 19.3 Å². The van der Waals surface area contributed by atoms with Crippen molar-refractivity contribution in [3.63, 3.8) is 0 Å². The van der Waals surface area contributed by atoms with Crippen LogP contribution < -0.4 is 0 Å². The number of hydrogen-bond acceptors (Lipinski definition) is 0. The zero-order valence-electron chi connectivity index (χ0n) is 9.64. The minimum atomic E-state index is -0.347. The SMILES string of the molecule is CCCCCCc1ccc([CH2][Mg][Cl])cc1. The molecule has 1 aromatic carbocycles. The summed E-state index contributed by atoms with van der Waals surface area (Å²) in [6.07, 6.45) is 6.62. The van der Waals surface area contributed by atoms with E-state index in [1.165, 1.54) is 43.2 Å². The van der Waals surface area contributed by atoms with Gasteiger partial charge in [-0.1, -0.05) is 60.6 Å². The second kappa shape index (κ2) is 8.43. The van der Waals surface area contributed by atoms with E-state index in [9.17, 15) is 0 Å². The number of aryl methyl sites for hydroxylation is 1. The van der Waals surface area contributed by atoms with Crippen molar-refractivity contribution >= 4 is 28.3 Å². The number of halogens is 1. The van der Waals surface area contributed by atoms with Gasteiger partial charge in [-0.2, -0.15) is 0 Å². The molecule has 0 atom stereocenters. The van der Waals surface area contributed by atoms with Crippen LogP contribution in [-0.2, 0) is 11.0 Å². The van der Waals surface area contributed by atoms with E-state index < -0.39 is 0 Å². The molecule has 0 saturated heterocycles. The highest BCUT2D eigenvalue weighted by Crippen LogP contribution is 2.10. The van der Waals surface area contributed by atoms with Crippen molar-refractivity contribution in [1.82, 2.24) is 0 Å². The van der Waals surface area contributed by atoms with Gasteiger partial charge in [0.2, 0.25) is 0 Å². The molecule has 0 aliphatic heterocycles. The molecule has 1 rings (SSSR count). The van der Waals surface area contributed by atoms with Gasteiger partial charge < -0.3 is 9.07 Å². The summed E-state index contributed by atoms with van der Waals surface area (Å²) in [6, 6.07) is 9.01. The second-order valence-electron chi connectivity index (χ2n) is 4.07. The normalized spacial score (nSPS) is 10.0. The molecular weight excluding hydrogens is 216 g/mol. The molecule has 0 radical (unpaired) electrons. The largest absolute Gasteiger partial charge is 0.505 e. The quantitative estimate of drug-likeness (QED) is 0.491. The van der Waals surface area contributed by atoms with Crippen LogP contribution in [0.5, 0.6) is 0 Å². The predicted molar refractivity (Wildman–Crippen MR) is 69.6 cm³/mol. The molecule has 0 unspecified atom stereocenters. The standard InChI is InChI=1S/C13H19.ClH.Mg/c1-3-4-5-6-7-13-10-8-12(2)9-11-13;;/h8-11H,2-7H2,1H3;1H;/q;;+1/p-1. The Balaban J connectivity index is 2.29. The van der Waals surface area contributed by atoms with Crippen LogP contribution >= 0.6 is 9.07 Å². The van der Waals surface area contributed by atoms with Crippen LogP contribution in [0.2, 0.25) is 0 Å². The molecule has 80 valence electrons. The number of rotatable bonds is 7. The summed E-state index contributed by atoms with van der Waals surface area (Å²) in [7, 11) is 5.83. The van der Waals surface area contributed by atoms with E-state index in [1.807, 2.05) is 0 Å². The highest BCUT2D eigenvalue weighted by atomic mass is 35.5. The second-order valence-corrected chi connectivity index (χ2v) is 6.08. The third-order valence-electron chi connectivity index (χ3n) is 2.73. The summed E-state index contributed by atoms with van der Waals surface area (Å²) in [5, 5.41) is 0. The van der Waals surface area contributed by atoms with Gasteiger partial charge in [-0.3, -0.25) is 0 Å². The molecule has 0 saturated carbocycles. The first kappa shape index (κ1) is 13.3. The molecule has 1 aromatic rings. The Morgan fingerprint density at radius 2 is 1.67 bits per heavy atom. The number of unbranched alkanes of at least 4 members (excludes halogenated alkanes) is 3. The van der Waals surface area contributed by atoms with Crippen LogP contribution in [0.4, 0.5) is 0 Å². The number of benzene rings is 1. The van der Waals surface area contributed by atoms with E-state index in [0.29, 0.717) is 0 Å². The Kier molecular flexibility index (Phi) is 7.50. The van der Waals surface area contributed by atoms with Gasteiger partial charge in [0, 0.05) is 0 Å². The summed E-state index contributed by atoms with van der Waals surface area (Å²) >= 11 is -0.347. The zero-order chi connectivity index (χ0) is 10.9. The maximum absolute atomic E-state index is 5.83. The summed E-state index contributed by atoms with van der Waals surface area (Å²) < 4.78 is 1.12. The first-order chi connectivity index (χ1) is 7.36. The molecule has 2 heteroatoms. The van der Waals surface area contributed by atoms with Gasteiger partial charge >= 0.3 is 19.3 Å². The van der Waals surface area contributed by atoms with E-state index in [2.05, 4.69) is 31.2 Å². The highest BCUT2D eigenvalue weighted by Gasteiger charge is 1.96. The van der Waals surface area contributed by atoms with Crippen molar-refractivity contribution < 1.29 is 0 Å². The average Bonchev–Trinajstić information content (AvgIpc) is 2.27. The predicted octanol–water partition coefficient (Wildman–Crippen LogP) is 4.17. The van der Waals surface area contributed by atoms with Gasteiger partial charge in [-0.15, -0.1) is 0 Å². The minimum absolute atomic E-state index is 0.347. The smallest absolute Gasteiger partial charge is 0.345 e. The van der Waals surface area contributed by atoms with Crippen LogP contribution in [0.1, 0.15) is 43.7 Å². The summed E-state index contributed by atoms with van der Waals surface area (Å²) in [5.41, 5.74) is 2.89. The van der Waals surface area contributed by atoms with Crippen LogP contribution in [0, 0.1) is 0 Å². The van der Waals surface area contributed by atoms with Gasteiger partial charge in [0.1, 0.15) is 0 Å². The Labute approximate surface area is 107 Å². The lowest BCUT2D eigenvalue weighted by Gasteiger charge is -2.03. The van der Waals surface area contributed by atoms with Gasteiger partial charge in [0.15, 0.2) is 0 Å². The third-order valence-corrected chi connectivity index (χ3v) is 4.06. The maximum atomic E-state index is 5.83. The van der Waals surface area contributed by atoms with Gasteiger partial charge in [0.05, 0.1) is 0 Å². The first-order valence-electron chi connectivity index (χ1n) is 6.00. The van der Waals surface area contributed by atoms with Crippen LogP contribution in [0.3, 0.4) is 0 Å². The Morgan fingerprint density at radius 3 is 2.27 bits per heavy atom. The third kappa shape index (κ3) is 5.79. The van der Waals surface area contributed by atoms with Crippen molar-refractivity contribution in [3.8, 4) is 0 Å². The van der Waals surface area contributed by atoms with Gasteiger partial charge in [0.25, 0.3) is 0 Å². The fraction of sp³-hybridized carbons (Fsp3) is 0.538. The molecule has 0 heterocycles. The summed E-state index contributed by atoms with van der Waals surface area (Å²) in [6.45, 7) is 2.25. The molecule has 0 aliphatic rings. The molecule has 0 spiro atoms. The van der Waals surface area contributed by atoms with E-state index in [4.69, 9.17) is 9.07 Å². The highest BCUT2D eigenvalue weighted by molar-refractivity contribution is 6.93. The van der Waals surface area contributed by atoms with E-state index in [0.717, 1.165) is 4.55 Å². The van der Waals surface area contributed by atoms with Crippen molar-refractivity contribution in [2.24, 2.45) is 0 Å². The van der Waals surface area contributed by atoms with Crippen LogP contribution in [0.25, 0.3) is 0 Å². The molecule has 0 amide bonds. The number of hydrogen-bond donors (Lipinski definition) is 0.